The summed E-state index contributed by atoms with van der Waals surface area (Å²) in [6.45, 7) is 2.74. The van der Waals surface area contributed by atoms with E-state index < -0.39 is 5.82 Å². The van der Waals surface area contributed by atoms with Gasteiger partial charge < -0.3 is 15.5 Å². The van der Waals surface area contributed by atoms with Crippen LogP contribution in [0.25, 0.3) is 0 Å². The number of aryl methyl sites for hydroxylation is 1. The van der Waals surface area contributed by atoms with Crippen LogP contribution in [-0.4, -0.2) is 34.9 Å². The van der Waals surface area contributed by atoms with Gasteiger partial charge in [-0.15, -0.1) is 0 Å². The third-order valence-corrected chi connectivity index (χ3v) is 4.29. The average molecular weight is 356 g/mol. The van der Waals surface area contributed by atoms with Crippen LogP contribution in [-0.2, 0) is 4.79 Å². The van der Waals surface area contributed by atoms with Crippen molar-refractivity contribution in [1.29, 1.82) is 0 Å². The predicted molar refractivity (Wildman–Crippen MR) is 97.3 cm³/mol. The number of likely N-dealkylation sites (tertiary alicyclic amines) is 1. The topological polar surface area (TPSA) is 74.3 Å². The highest BCUT2D eigenvalue weighted by Crippen LogP contribution is 2.20. The molecule has 2 heterocycles. The van der Waals surface area contributed by atoms with Gasteiger partial charge in [-0.25, -0.2) is 14.2 Å². The lowest BCUT2D eigenvalue weighted by atomic mass is 9.97. The summed E-state index contributed by atoms with van der Waals surface area (Å²) >= 11 is 0. The number of aromatic nitrogens is 1. The molecule has 3 rings (SSSR count). The summed E-state index contributed by atoms with van der Waals surface area (Å²) in [7, 11) is 0. The van der Waals surface area contributed by atoms with Gasteiger partial charge in [0.15, 0.2) is 0 Å². The number of benzene rings is 1. The summed E-state index contributed by atoms with van der Waals surface area (Å²) in [6, 6.07) is 10.8. The zero-order chi connectivity index (χ0) is 18.5. The number of halogens is 1. The second kappa shape index (κ2) is 7.95. The summed E-state index contributed by atoms with van der Waals surface area (Å²) in [5, 5.41) is 5.48. The molecule has 0 radical (unpaired) electrons. The second-order valence-corrected chi connectivity index (χ2v) is 6.38. The number of rotatable bonds is 3. The monoisotopic (exact) mass is 356 g/mol. The smallest absolute Gasteiger partial charge is 0.321 e. The molecule has 26 heavy (non-hydrogen) atoms. The van der Waals surface area contributed by atoms with Crippen LogP contribution < -0.4 is 10.6 Å². The van der Waals surface area contributed by atoms with E-state index in [2.05, 4.69) is 15.6 Å². The Bertz CT molecular complexity index is 746. The van der Waals surface area contributed by atoms with Crippen molar-refractivity contribution in [3.63, 3.8) is 0 Å². The van der Waals surface area contributed by atoms with Gasteiger partial charge in [-0.05, 0) is 50.1 Å². The molecular formula is C19H21FN4O2. The van der Waals surface area contributed by atoms with E-state index in [1.54, 1.807) is 17.0 Å². The number of amides is 3. The maximum atomic E-state index is 13.2. The quantitative estimate of drug-likeness (QED) is 0.885. The molecule has 1 saturated heterocycles. The molecule has 1 unspecified atom stereocenters. The molecule has 1 fully saturated rings. The molecule has 0 spiro atoms. The number of nitrogens with one attached hydrogen (secondary N) is 2. The van der Waals surface area contributed by atoms with Gasteiger partial charge in [-0.2, -0.15) is 0 Å². The highest BCUT2D eigenvalue weighted by atomic mass is 19.1. The molecule has 2 N–H and O–H groups in total. The Labute approximate surface area is 151 Å². The van der Waals surface area contributed by atoms with Crippen molar-refractivity contribution in [2.75, 3.05) is 23.7 Å². The first kappa shape index (κ1) is 17.8. The molecule has 1 aliphatic rings. The molecule has 3 amide bonds. The third-order valence-electron chi connectivity index (χ3n) is 4.29. The number of anilines is 2. The fourth-order valence-corrected chi connectivity index (χ4v) is 2.99. The Balaban J connectivity index is 1.59. The molecule has 1 aliphatic heterocycles. The van der Waals surface area contributed by atoms with Crippen LogP contribution in [0.5, 0.6) is 0 Å². The first-order chi connectivity index (χ1) is 12.5. The fourth-order valence-electron chi connectivity index (χ4n) is 2.99. The Morgan fingerprint density at radius 2 is 2.00 bits per heavy atom. The normalized spacial score (nSPS) is 16.8. The van der Waals surface area contributed by atoms with Crippen LogP contribution in [0.1, 0.15) is 18.5 Å². The first-order valence-electron chi connectivity index (χ1n) is 8.57. The molecule has 1 aromatic heterocycles. The fraction of sp³-hybridized carbons (Fsp3) is 0.316. The lowest BCUT2D eigenvalue weighted by molar-refractivity contribution is -0.121. The van der Waals surface area contributed by atoms with E-state index in [1.165, 1.54) is 18.2 Å². The highest BCUT2D eigenvalue weighted by Gasteiger charge is 2.28. The number of carbonyl (C=O) groups is 2. The van der Waals surface area contributed by atoms with E-state index in [0.29, 0.717) is 31.0 Å². The van der Waals surface area contributed by atoms with Gasteiger partial charge in [0, 0.05) is 24.5 Å². The van der Waals surface area contributed by atoms with Crippen molar-refractivity contribution in [3.8, 4) is 0 Å². The maximum Gasteiger partial charge on any atom is 0.321 e. The van der Waals surface area contributed by atoms with Crippen molar-refractivity contribution in [2.24, 2.45) is 5.92 Å². The van der Waals surface area contributed by atoms with Gasteiger partial charge in [0.2, 0.25) is 5.91 Å². The molecule has 0 bridgehead atoms. The summed E-state index contributed by atoms with van der Waals surface area (Å²) in [4.78, 5) is 30.7. The maximum absolute atomic E-state index is 13.2. The van der Waals surface area contributed by atoms with Gasteiger partial charge in [-0.3, -0.25) is 4.79 Å². The molecular weight excluding hydrogens is 335 g/mol. The Kier molecular flexibility index (Phi) is 5.46. The molecule has 136 valence electrons. The van der Waals surface area contributed by atoms with E-state index >= 15 is 0 Å². The van der Waals surface area contributed by atoms with Crippen LogP contribution in [0, 0.1) is 18.7 Å². The first-order valence-corrected chi connectivity index (χ1v) is 8.57. The van der Waals surface area contributed by atoms with Crippen molar-refractivity contribution in [3.05, 3.63) is 54.0 Å². The molecule has 0 saturated carbocycles. The van der Waals surface area contributed by atoms with Gasteiger partial charge in [0.25, 0.3) is 0 Å². The number of hydrogen-bond donors (Lipinski definition) is 2. The minimum absolute atomic E-state index is 0.147. The number of carbonyl (C=O) groups excluding carboxylic acids is 2. The Morgan fingerprint density at radius 3 is 2.77 bits per heavy atom. The highest BCUT2D eigenvalue weighted by molar-refractivity contribution is 5.93. The van der Waals surface area contributed by atoms with Crippen LogP contribution in [0.15, 0.2) is 42.5 Å². The molecule has 7 heteroatoms. The van der Waals surface area contributed by atoms with E-state index in [9.17, 15) is 14.0 Å². The largest absolute Gasteiger partial charge is 0.324 e. The van der Waals surface area contributed by atoms with Crippen molar-refractivity contribution in [2.45, 2.75) is 19.8 Å². The number of piperidine rings is 1. The molecule has 2 aromatic rings. The molecule has 1 aromatic carbocycles. The van der Waals surface area contributed by atoms with E-state index in [-0.39, 0.29) is 17.9 Å². The van der Waals surface area contributed by atoms with Crippen LogP contribution in [0.2, 0.25) is 0 Å². The van der Waals surface area contributed by atoms with Gasteiger partial charge >= 0.3 is 6.03 Å². The molecule has 1 atom stereocenters. The van der Waals surface area contributed by atoms with Crippen LogP contribution in [0.4, 0.5) is 20.7 Å². The predicted octanol–water partition coefficient (Wildman–Crippen LogP) is 3.41. The number of pyridine rings is 1. The standard InChI is InChI=1S/C19H21FN4O2/c1-13-5-2-9-17(21-13)23-18(25)14-6-4-10-24(12-14)19(26)22-16-8-3-7-15(20)11-16/h2-3,5,7-9,11,14H,4,6,10,12H2,1H3,(H,22,26)(H,21,23,25). The van der Waals surface area contributed by atoms with Crippen molar-refractivity contribution >= 4 is 23.4 Å². The Hall–Kier alpha value is -2.96. The summed E-state index contributed by atoms with van der Waals surface area (Å²) in [5.41, 5.74) is 1.22. The van der Waals surface area contributed by atoms with Gasteiger partial charge in [-0.1, -0.05) is 12.1 Å². The van der Waals surface area contributed by atoms with Gasteiger partial charge in [0.05, 0.1) is 5.92 Å². The minimum Gasteiger partial charge on any atom is -0.324 e. The number of hydrogen-bond acceptors (Lipinski definition) is 3. The van der Waals surface area contributed by atoms with Crippen LogP contribution in [0.3, 0.4) is 0 Å². The summed E-state index contributed by atoms with van der Waals surface area (Å²) in [6.07, 6.45) is 1.44. The van der Waals surface area contributed by atoms with Crippen molar-refractivity contribution < 1.29 is 14.0 Å². The zero-order valence-corrected chi connectivity index (χ0v) is 14.5. The lowest BCUT2D eigenvalue weighted by Crippen LogP contribution is -2.45. The molecule has 0 aliphatic carbocycles. The SMILES string of the molecule is Cc1cccc(NC(=O)C2CCCN(C(=O)Nc3cccc(F)c3)C2)n1. The average Bonchev–Trinajstić information content (AvgIpc) is 2.62. The second-order valence-electron chi connectivity index (χ2n) is 6.38. The van der Waals surface area contributed by atoms with Crippen LogP contribution >= 0.6 is 0 Å². The Morgan fingerprint density at radius 1 is 1.19 bits per heavy atom. The van der Waals surface area contributed by atoms with Gasteiger partial charge in [0.1, 0.15) is 11.6 Å². The minimum atomic E-state index is -0.413. The number of nitrogens with zero attached hydrogens (tertiary/aromatic N) is 2. The number of urea groups is 1. The lowest BCUT2D eigenvalue weighted by Gasteiger charge is -2.32. The zero-order valence-electron chi connectivity index (χ0n) is 14.5. The summed E-state index contributed by atoms with van der Waals surface area (Å²) in [5.74, 6) is -0.351. The van der Waals surface area contributed by atoms with E-state index in [0.717, 1.165) is 12.1 Å². The van der Waals surface area contributed by atoms with E-state index in [4.69, 9.17) is 0 Å². The van der Waals surface area contributed by atoms with Crippen molar-refractivity contribution in [1.82, 2.24) is 9.88 Å². The molecule has 6 nitrogen and oxygen atoms in total. The van der Waals surface area contributed by atoms with E-state index in [1.807, 2.05) is 19.1 Å². The third kappa shape index (κ3) is 4.56. The summed E-state index contributed by atoms with van der Waals surface area (Å²) < 4.78 is 13.2.